The van der Waals surface area contributed by atoms with Crippen molar-refractivity contribution >= 4 is 27.6 Å². The van der Waals surface area contributed by atoms with Crippen LogP contribution in [-0.4, -0.2) is 30.8 Å². The Balaban J connectivity index is 3.07. The highest BCUT2D eigenvalue weighted by molar-refractivity contribution is 9.10. The Labute approximate surface area is 109 Å². The summed E-state index contributed by atoms with van der Waals surface area (Å²) in [6.45, 7) is 4.07. The molecule has 0 radical (unpaired) electrons. The number of benzene rings is 1. The van der Waals surface area contributed by atoms with Crippen molar-refractivity contribution in [2.45, 2.75) is 19.9 Å². The van der Waals surface area contributed by atoms with Gasteiger partial charge in [-0.25, -0.2) is 4.79 Å². The van der Waals surface area contributed by atoms with E-state index in [0.29, 0.717) is 12.4 Å². The van der Waals surface area contributed by atoms with Crippen LogP contribution in [0.25, 0.3) is 0 Å². The van der Waals surface area contributed by atoms with Gasteiger partial charge in [0.2, 0.25) is 0 Å². The van der Waals surface area contributed by atoms with Crippen molar-refractivity contribution in [2.24, 2.45) is 0 Å². The molecule has 0 aliphatic rings. The van der Waals surface area contributed by atoms with Crippen LogP contribution in [0, 0.1) is 0 Å². The first-order chi connectivity index (χ1) is 7.97. The highest BCUT2D eigenvalue weighted by Gasteiger charge is 2.20. The average Bonchev–Trinajstić information content (AvgIpc) is 2.27. The maximum Gasteiger partial charge on any atom is 0.326 e. The molecule has 0 saturated carbocycles. The van der Waals surface area contributed by atoms with Crippen molar-refractivity contribution in [3.63, 3.8) is 0 Å². The molecule has 0 heterocycles. The van der Waals surface area contributed by atoms with Gasteiger partial charge in [0.15, 0.2) is 0 Å². The number of halogens is 1. The van der Waals surface area contributed by atoms with Crippen LogP contribution in [0.3, 0.4) is 0 Å². The number of anilines is 1. The minimum Gasteiger partial charge on any atom is -0.492 e. The fraction of sp³-hybridized carbons (Fsp3) is 0.417. The largest absolute Gasteiger partial charge is 0.492 e. The maximum atomic E-state index is 11.0. The Kier molecular flexibility index (Phi) is 4.81. The summed E-state index contributed by atoms with van der Waals surface area (Å²) in [5.74, 6) is -0.185. The molecule has 1 N–H and O–H groups in total. The number of carboxylic acids is 1. The van der Waals surface area contributed by atoms with E-state index in [-0.39, 0.29) is 0 Å². The normalized spacial score (nSPS) is 12.0. The molecule has 0 spiro atoms. The molecule has 0 aliphatic carbocycles. The molecular formula is C12H16BrNO3. The van der Waals surface area contributed by atoms with E-state index in [1.807, 2.05) is 25.1 Å². The number of carbonyl (C=O) groups is 1. The van der Waals surface area contributed by atoms with E-state index in [1.54, 1.807) is 18.9 Å². The summed E-state index contributed by atoms with van der Waals surface area (Å²) in [4.78, 5) is 12.6. The lowest BCUT2D eigenvalue weighted by Gasteiger charge is -2.25. The van der Waals surface area contributed by atoms with Gasteiger partial charge >= 0.3 is 5.97 Å². The lowest BCUT2D eigenvalue weighted by molar-refractivity contribution is -0.138. The van der Waals surface area contributed by atoms with Crippen LogP contribution in [0.4, 0.5) is 5.69 Å². The highest BCUT2D eigenvalue weighted by atomic mass is 79.9. The van der Waals surface area contributed by atoms with Gasteiger partial charge in [0.25, 0.3) is 0 Å². The van der Waals surface area contributed by atoms with Crippen LogP contribution in [0.15, 0.2) is 22.7 Å². The Hall–Kier alpha value is -1.23. The van der Waals surface area contributed by atoms with E-state index in [1.165, 1.54) is 0 Å². The van der Waals surface area contributed by atoms with E-state index in [4.69, 9.17) is 9.84 Å². The van der Waals surface area contributed by atoms with Gasteiger partial charge in [-0.2, -0.15) is 0 Å². The second-order valence-electron chi connectivity index (χ2n) is 3.67. The maximum absolute atomic E-state index is 11.0. The number of likely N-dealkylation sites (N-methyl/N-ethyl adjacent to an activating group) is 1. The zero-order valence-electron chi connectivity index (χ0n) is 10.1. The third-order valence-corrected chi connectivity index (χ3v) is 3.03. The first-order valence-corrected chi connectivity index (χ1v) is 6.14. The molecule has 4 nitrogen and oxygen atoms in total. The molecular weight excluding hydrogens is 286 g/mol. The molecule has 1 aromatic carbocycles. The van der Waals surface area contributed by atoms with Crippen molar-refractivity contribution in [1.82, 2.24) is 0 Å². The molecule has 0 aromatic heterocycles. The van der Waals surface area contributed by atoms with Crippen LogP contribution in [-0.2, 0) is 4.79 Å². The summed E-state index contributed by atoms with van der Waals surface area (Å²) in [6, 6.07) is 4.94. The number of aliphatic carboxylic acids is 1. The molecule has 0 bridgehead atoms. The highest BCUT2D eigenvalue weighted by Crippen LogP contribution is 2.31. The monoisotopic (exact) mass is 301 g/mol. The smallest absolute Gasteiger partial charge is 0.326 e. The summed E-state index contributed by atoms with van der Waals surface area (Å²) in [5.41, 5.74) is 0.768. The predicted octanol–water partition coefficient (Wildman–Crippen LogP) is 2.76. The Bertz CT molecular complexity index is 409. The van der Waals surface area contributed by atoms with E-state index < -0.39 is 12.0 Å². The fourth-order valence-corrected chi connectivity index (χ4v) is 1.76. The summed E-state index contributed by atoms with van der Waals surface area (Å²) in [6.07, 6.45) is 0. The first-order valence-electron chi connectivity index (χ1n) is 5.35. The third-order valence-electron chi connectivity index (χ3n) is 2.54. The summed E-state index contributed by atoms with van der Waals surface area (Å²) < 4.78 is 6.41. The van der Waals surface area contributed by atoms with Gasteiger partial charge in [0.1, 0.15) is 11.8 Å². The van der Waals surface area contributed by atoms with Crippen LogP contribution >= 0.6 is 15.9 Å². The number of nitrogens with zero attached hydrogens (tertiary/aromatic N) is 1. The standard InChI is InChI=1S/C12H16BrNO3/c1-4-17-11-7-9(13)5-6-10(11)14(3)8(2)12(15)16/h5-8H,4H2,1-3H3,(H,15,16)/t8-/m0/s1. The summed E-state index contributed by atoms with van der Waals surface area (Å²) in [7, 11) is 1.74. The number of hydrogen-bond acceptors (Lipinski definition) is 3. The SMILES string of the molecule is CCOc1cc(Br)ccc1N(C)[C@@H](C)C(=O)O. The zero-order chi connectivity index (χ0) is 13.0. The van der Waals surface area contributed by atoms with Gasteiger partial charge < -0.3 is 14.7 Å². The van der Waals surface area contributed by atoms with Gasteiger partial charge in [-0.05, 0) is 32.0 Å². The van der Waals surface area contributed by atoms with Crippen LogP contribution in [0.2, 0.25) is 0 Å². The van der Waals surface area contributed by atoms with E-state index in [2.05, 4.69) is 15.9 Å². The van der Waals surface area contributed by atoms with Crippen molar-refractivity contribution < 1.29 is 14.6 Å². The van der Waals surface area contributed by atoms with Crippen LogP contribution < -0.4 is 9.64 Å². The molecule has 1 atom stereocenters. The van der Waals surface area contributed by atoms with Crippen LogP contribution in [0.1, 0.15) is 13.8 Å². The fourth-order valence-electron chi connectivity index (χ4n) is 1.42. The lowest BCUT2D eigenvalue weighted by Crippen LogP contribution is -2.36. The molecule has 94 valence electrons. The molecule has 1 aromatic rings. The third kappa shape index (κ3) is 3.36. The molecule has 0 saturated heterocycles. The summed E-state index contributed by atoms with van der Waals surface area (Å²) >= 11 is 3.37. The molecule has 1 rings (SSSR count). The summed E-state index contributed by atoms with van der Waals surface area (Å²) in [5, 5.41) is 9.00. The Morgan fingerprint density at radius 1 is 1.59 bits per heavy atom. The number of hydrogen-bond donors (Lipinski definition) is 1. The second kappa shape index (κ2) is 5.91. The van der Waals surface area contributed by atoms with E-state index in [0.717, 1.165) is 10.2 Å². The number of carboxylic acid groups (broad SMARTS) is 1. The second-order valence-corrected chi connectivity index (χ2v) is 4.59. The average molecular weight is 302 g/mol. The van der Waals surface area contributed by atoms with Crippen molar-refractivity contribution in [3.8, 4) is 5.75 Å². The molecule has 0 unspecified atom stereocenters. The molecule has 17 heavy (non-hydrogen) atoms. The predicted molar refractivity (Wildman–Crippen MR) is 70.8 cm³/mol. The molecule has 0 amide bonds. The van der Waals surface area contributed by atoms with Gasteiger partial charge in [-0.1, -0.05) is 15.9 Å². The van der Waals surface area contributed by atoms with Crippen LogP contribution in [0.5, 0.6) is 5.75 Å². The lowest BCUT2D eigenvalue weighted by atomic mass is 10.2. The quantitative estimate of drug-likeness (QED) is 0.908. The Morgan fingerprint density at radius 3 is 2.76 bits per heavy atom. The first kappa shape index (κ1) is 13.8. The zero-order valence-corrected chi connectivity index (χ0v) is 11.7. The number of ether oxygens (including phenoxy) is 1. The van der Waals surface area contributed by atoms with Gasteiger partial charge in [-0.15, -0.1) is 0 Å². The van der Waals surface area contributed by atoms with Gasteiger partial charge in [0.05, 0.1) is 12.3 Å². The van der Waals surface area contributed by atoms with Crippen molar-refractivity contribution in [3.05, 3.63) is 22.7 Å². The number of rotatable bonds is 5. The van der Waals surface area contributed by atoms with E-state index in [9.17, 15) is 4.79 Å². The minimum atomic E-state index is -0.863. The van der Waals surface area contributed by atoms with Crippen molar-refractivity contribution in [2.75, 3.05) is 18.6 Å². The Morgan fingerprint density at radius 2 is 2.24 bits per heavy atom. The van der Waals surface area contributed by atoms with Gasteiger partial charge in [0, 0.05) is 11.5 Å². The minimum absolute atomic E-state index is 0.540. The van der Waals surface area contributed by atoms with Crippen molar-refractivity contribution in [1.29, 1.82) is 0 Å². The topological polar surface area (TPSA) is 49.8 Å². The molecule has 5 heteroatoms. The van der Waals surface area contributed by atoms with Gasteiger partial charge in [-0.3, -0.25) is 0 Å². The molecule has 0 aliphatic heterocycles. The molecule has 0 fully saturated rings. The van der Waals surface area contributed by atoms with E-state index >= 15 is 0 Å².